The fourth-order valence-electron chi connectivity index (χ4n) is 4.89. The first-order chi connectivity index (χ1) is 17.3. The Morgan fingerprint density at radius 2 is 1.89 bits per heavy atom. The highest BCUT2D eigenvalue weighted by Gasteiger charge is 2.26. The highest BCUT2D eigenvalue weighted by Crippen LogP contribution is 2.24. The molecular weight excluding hydrogens is 461 g/mol. The molecule has 0 bridgehead atoms. The summed E-state index contributed by atoms with van der Waals surface area (Å²) >= 11 is 0. The number of anilines is 1. The maximum Gasteiger partial charge on any atom is 0.270 e. The van der Waals surface area contributed by atoms with Crippen LogP contribution in [0.1, 0.15) is 18.3 Å². The van der Waals surface area contributed by atoms with E-state index < -0.39 is 16.3 Å². The van der Waals surface area contributed by atoms with Crippen LogP contribution in [0.5, 0.6) is 0 Å². The number of halogens is 1. The Balaban J connectivity index is 1.52. The fourth-order valence-corrected chi connectivity index (χ4v) is 4.89. The van der Waals surface area contributed by atoms with Crippen LogP contribution in [-0.2, 0) is 6.54 Å². The zero-order valence-electron chi connectivity index (χ0n) is 20.1. The van der Waals surface area contributed by atoms with Crippen LogP contribution in [0.3, 0.4) is 0 Å². The van der Waals surface area contributed by atoms with Crippen molar-refractivity contribution in [2.24, 2.45) is 0 Å². The van der Waals surface area contributed by atoms with Crippen molar-refractivity contribution in [3.63, 3.8) is 0 Å². The number of aryl methyl sites for hydroxylation is 1. The summed E-state index contributed by atoms with van der Waals surface area (Å²) in [6.07, 6.45) is 0. The van der Waals surface area contributed by atoms with E-state index in [-0.39, 0.29) is 22.8 Å². The molecule has 1 unspecified atom stereocenters. The van der Waals surface area contributed by atoms with Crippen LogP contribution in [0.4, 0.5) is 15.8 Å². The number of hydrogen-bond donors (Lipinski definition) is 0. The number of piperazine rings is 1. The van der Waals surface area contributed by atoms with Crippen LogP contribution in [0.25, 0.3) is 16.6 Å². The van der Waals surface area contributed by atoms with E-state index in [0.717, 1.165) is 19.6 Å². The minimum absolute atomic E-state index is 0.0739. The van der Waals surface area contributed by atoms with Gasteiger partial charge in [-0.25, -0.2) is 9.37 Å². The topological polar surface area (TPSA) is 84.5 Å². The Morgan fingerprint density at radius 3 is 2.61 bits per heavy atom. The molecule has 1 aromatic heterocycles. The Labute approximate surface area is 207 Å². The highest BCUT2D eigenvalue weighted by atomic mass is 19.1. The maximum atomic E-state index is 14.8. The molecule has 1 aliphatic rings. The van der Waals surface area contributed by atoms with Gasteiger partial charge in [0, 0.05) is 43.5 Å². The van der Waals surface area contributed by atoms with Crippen molar-refractivity contribution in [2.75, 3.05) is 24.5 Å². The summed E-state index contributed by atoms with van der Waals surface area (Å²) in [7, 11) is 0. The van der Waals surface area contributed by atoms with Crippen LogP contribution in [-0.4, -0.2) is 45.1 Å². The van der Waals surface area contributed by atoms with E-state index in [1.165, 1.54) is 46.1 Å². The van der Waals surface area contributed by atoms with Crippen molar-refractivity contribution in [3.8, 4) is 5.69 Å². The molecule has 0 N–H and O–H groups in total. The molecule has 184 valence electrons. The monoisotopic (exact) mass is 487 g/mol. The van der Waals surface area contributed by atoms with Gasteiger partial charge in [0.1, 0.15) is 11.6 Å². The van der Waals surface area contributed by atoms with E-state index in [4.69, 9.17) is 0 Å². The van der Waals surface area contributed by atoms with E-state index in [1.807, 2.05) is 0 Å². The quantitative estimate of drug-likeness (QED) is 0.305. The second kappa shape index (κ2) is 9.50. The molecule has 0 spiro atoms. The summed E-state index contributed by atoms with van der Waals surface area (Å²) in [4.78, 5) is 33.5. The van der Waals surface area contributed by atoms with Crippen LogP contribution in [0.2, 0.25) is 0 Å². The van der Waals surface area contributed by atoms with Gasteiger partial charge in [0.05, 0.1) is 28.1 Å². The van der Waals surface area contributed by atoms with Crippen LogP contribution in [0, 0.1) is 22.9 Å². The van der Waals surface area contributed by atoms with E-state index in [9.17, 15) is 19.3 Å². The zero-order chi connectivity index (χ0) is 25.4. The van der Waals surface area contributed by atoms with Crippen molar-refractivity contribution in [1.29, 1.82) is 0 Å². The predicted octanol–water partition coefficient (Wildman–Crippen LogP) is 4.45. The van der Waals surface area contributed by atoms with Gasteiger partial charge in [-0.3, -0.25) is 24.4 Å². The number of nitrogens with zero attached hydrogens (tertiary/aromatic N) is 5. The normalized spacial score (nSPS) is 16.4. The number of para-hydroxylation sites is 1. The molecule has 0 saturated carbocycles. The third-order valence-corrected chi connectivity index (χ3v) is 6.64. The lowest BCUT2D eigenvalue weighted by molar-refractivity contribution is -0.384. The van der Waals surface area contributed by atoms with Gasteiger partial charge in [-0.1, -0.05) is 24.3 Å². The van der Waals surface area contributed by atoms with Crippen LogP contribution < -0.4 is 10.5 Å². The summed E-state index contributed by atoms with van der Waals surface area (Å²) in [6.45, 7) is 6.84. The molecule has 0 radical (unpaired) electrons. The number of nitro benzene ring substituents is 1. The van der Waals surface area contributed by atoms with E-state index in [2.05, 4.69) is 52.9 Å². The van der Waals surface area contributed by atoms with Crippen molar-refractivity contribution in [1.82, 2.24) is 14.5 Å². The second-order valence-corrected chi connectivity index (χ2v) is 9.20. The van der Waals surface area contributed by atoms with Crippen molar-refractivity contribution in [2.45, 2.75) is 26.4 Å². The average Bonchev–Trinajstić information content (AvgIpc) is 2.85. The van der Waals surface area contributed by atoms with Crippen LogP contribution >= 0.6 is 0 Å². The smallest absolute Gasteiger partial charge is 0.270 e. The lowest BCUT2D eigenvalue weighted by Crippen LogP contribution is -2.52. The standard InChI is InChI=1S/C27H26FN5O3/c1-18-6-5-7-20(14-18)31-13-12-30(16-19(31)2)17-26-29-24-11-10-21(33(35)36)15-22(24)27(34)32(26)25-9-4-3-8-23(25)28/h3-11,14-15,19H,12-13,16-17H2,1-2H3. The Hall–Kier alpha value is -4.11. The predicted molar refractivity (Wildman–Crippen MR) is 137 cm³/mol. The van der Waals surface area contributed by atoms with Gasteiger partial charge < -0.3 is 4.90 Å². The van der Waals surface area contributed by atoms with E-state index >= 15 is 0 Å². The molecule has 5 rings (SSSR count). The zero-order valence-corrected chi connectivity index (χ0v) is 20.1. The number of aromatic nitrogens is 2. The minimum Gasteiger partial charge on any atom is -0.366 e. The summed E-state index contributed by atoms with van der Waals surface area (Å²) < 4.78 is 16.1. The molecule has 4 aromatic rings. The minimum atomic E-state index is -0.565. The Bertz CT molecular complexity index is 1520. The highest BCUT2D eigenvalue weighted by molar-refractivity contribution is 5.80. The lowest BCUT2D eigenvalue weighted by Gasteiger charge is -2.41. The first-order valence-corrected chi connectivity index (χ1v) is 11.8. The molecule has 2 heterocycles. The van der Waals surface area contributed by atoms with Gasteiger partial charge in [-0.15, -0.1) is 0 Å². The van der Waals surface area contributed by atoms with Crippen LogP contribution in [0.15, 0.2) is 71.5 Å². The lowest BCUT2D eigenvalue weighted by atomic mass is 10.1. The summed E-state index contributed by atoms with van der Waals surface area (Å²) in [5.74, 6) is -0.173. The fraction of sp³-hybridized carbons (Fsp3) is 0.259. The van der Waals surface area contributed by atoms with E-state index in [1.54, 1.807) is 12.1 Å². The maximum absolute atomic E-state index is 14.8. The Kier molecular flexibility index (Phi) is 6.24. The molecule has 1 aliphatic heterocycles. The Morgan fingerprint density at radius 1 is 1.08 bits per heavy atom. The first-order valence-electron chi connectivity index (χ1n) is 11.8. The number of rotatable bonds is 5. The summed E-state index contributed by atoms with van der Waals surface area (Å²) in [5.41, 5.74) is 2.06. The van der Waals surface area contributed by atoms with Gasteiger partial charge in [0.15, 0.2) is 0 Å². The molecular formula is C27H26FN5O3. The number of hydrogen-bond acceptors (Lipinski definition) is 6. The SMILES string of the molecule is Cc1cccc(N2CCN(Cc3nc4ccc([N+](=O)[O-])cc4c(=O)n3-c3ccccc3F)CC2C)c1. The van der Waals surface area contributed by atoms with Crippen molar-refractivity contribution < 1.29 is 9.31 Å². The third-order valence-electron chi connectivity index (χ3n) is 6.64. The molecule has 0 aliphatic carbocycles. The molecule has 36 heavy (non-hydrogen) atoms. The molecule has 8 nitrogen and oxygen atoms in total. The summed E-state index contributed by atoms with van der Waals surface area (Å²) in [6, 6.07) is 18.6. The third kappa shape index (κ3) is 4.45. The summed E-state index contributed by atoms with van der Waals surface area (Å²) in [5, 5.41) is 11.4. The molecule has 1 atom stereocenters. The van der Waals surface area contributed by atoms with Gasteiger partial charge in [-0.05, 0) is 49.7 Å². The number of fused-ring (bicyclic) bond motifs is 1. The molecule has 9 heteroatoms. The number of nitro groups is 1. The van der Waals surface area contributed by atoms with Gasteiger partial charge >= 0.3 is 0 Å². The molecule has 0 amide bonds. The molecule has 1 saturated heterocycles. The first kappa shape index (κ1) is 23.6. The van der Waals surface area contributed by atoms with Gasteiger partial charge in [-0.2, -0.15) is 0 Å². The molecule has 3 aromatic carbocycles. The van der Waals surface area contributed by atoms with Crippen molar-refractivity contribution in [3.05, 3.63) is 104 Å². The number of benzene rings is 3. The second-order valence-electron chi connectivity index (χ2n) is 9.20. The largest absolute Gasteiger partial charge is 0.366 e. The van der Waals surface area contributed by atoms with Gasteiger partial charge in [0.25, 0.3) is 11.2 Å². The average molecular weight is 488 g/mol. The van der Waals surface area contributed by atoms with Crippen molar-refractivity contribution >= 4 is 22.3 Å². The number of non-ortho nitro benzene ring substituents is 1. The molecule has 1 fully saturated rings. The van der Waals surface area contributed by atoms with Gasteiger partial charge in [0.2, 0.25) is 0 Å². The van der Waals surface area contributed by atoms with E-state index in [0.29, 0.717) is 17.9 Å².